The smallest absolute Gasteiger partial charge is 0.744 e. The fourth-order valence-corrected chi connectivity index (χ4v) is 3.20. The van der Waals surface area contributed by atoms with Gasteiger partial charge in [-0.15, -0.1) is 0 Å². The molecule has 0 spiro atoms. The van der Waals surface area contributed by atoms with Crippen molar-refractivity contribution in [3.05, 3.63) is 42.0 Å². The van der Waals surface area contributed by atoms with Gasteiger partial charge in [0.05, 0.1) is 4.90 Å². The first-order chi connectivity index (χ1) is 8.21. The van der Waals surface area contributed by atoms with Gasteiger partial charge in [0.15, 0.2) is 0 Å². The number of hydrogen-bond donors (Lipinski definition) is 0. The van der Waals surface area contributed by atoms with Crippen molar-refractivity contribution in [1.29, 1.82) is 0 Å². The summed E-state index contributed by atoms with van der Waals surface area (Å²) in [7, 11) is -4.49. The van der Waals surface area contributed by atoms with Crippen LogP contribution in [0.15, 0.2) is 41.3 Å². The van der Waals surface area contributed by atoms with Crippen LogP contribution in [0.4, 0.5) is 0 Å². The van der Waals surface area contributed by atoms with Gasteiger partial charge in [-0.3, -0.25) is 0 Å². The van der Waals surface area contributed by atoms with Gasteiger partial charge >= 0.3 is 29.6 Å². The molecular weight excluding hydrogens is 271 g/mol. The Labute approximate surface area is 136 Å². The molecule has 2 aromatic carbocycles. The Morgan fingerprint density at radius 3 is 2.11 bits per heavy atom. The van der Waals surface area contributed by atoms with Gasteiger partial charge in [0, 0.05) is 0 Å². The quantitative estimate of drug-likeness (QED) is 0.549. The predicted molar refractivity (Wildman–Crippen MR) is 70.6 cm³/mol. The van der Waals surface area contributed by atoms with Crippen LogP contribution in [-0.2, 0) is 15.5 Å². The average molecular weight is 286 g/mol. The van der Waals surface area contributed by atoms with Crippen LogP contribution < -0.4 is 29.6 Å². The third kappa shape index (κ3) is 3.38. The summed E-state index contributed by atoms with van der Waals surface area (Å²) in [6, 6.07) is 10.6. The molecule has 2 aromatic rings. The summed E-state index contributed by atoms with van der Waals surface area (Å²) in [5, 5.41) is 1.26. The average Bonchev–Trinajstić information content (AvgIpc) is 2.24. The summed E-state index contributed by atoms with van der Waals surface area (Å²) in [5.41, 5.74) is 0.174. The summed E-state index contributed by atoms with van der Waals surface area (Å²) in [6.45, 7) is 5.68. The van der Waals surface area contributed by atoms with E-state index in [1.165, 1.54) is 0 Å². The second-order valence-corrected chi connectivity index (χ2v) is 6.68. The maximum atomic E-state index is 11.6. The molecule has 0 amide bonds. The monoisotopic (exact) mass is 286 g/mol. The fourth-order valence-electron chi connectivity index (χ4n) is 2.10. The van der Waals surface area contributed by atoms with Crippen molar-refractivity contribution in [1.82, 2.24) is 0 Å². The van der Waals surface area contributed by atoms with Crippen LogP contribution in [0.5, 0.6) is 0 Å². The third-order valence-corrected chi connectivity index (χ3v) is 3.88. The maximum absolute atomic E-state index is 11.6. The molecule has 96 valence electrons. The van der Waals surface area contributed by atoms with Gasteiger partial charge in [0.2, 0.25) is 0 Å². The van der Waals surface area contributed by atoms with E-state index in [4.69, 9.17) is 0 Å². The van der Waals surface area contributed by atoms with Crippen LogP contribution in [0.3, 0.4) is 0 Å². The summed E-state index contributed by atoms with van der Waals surface area (Å²) < 4.78 is 34.7. The molecule has 19 heavy (non-hydrogen) atoms. The van der Waals surface area contributed by atoms with Crippen molar-refractivity contribution in [2.24, 2.45) is 0 Å². The molecule has 0 atom stereocenters. The number of rotatable bonds is 1. The van der Waals surface area contributed by atoms with E-state index in [0.29, 0.717) is 10.9 Å². The molecule has 2 rings (SSSR count). The molecule has 0 saturated carbocycles. The molecule has 0 saturated heterocycles. The molecule has 0 aromatic heterocycles. The van der Waals surface area contributed by atoms with Crippen molar-refractivity contribution in [2.75, 3.05) is 0 Å². The molecule has 3 nitrogen and oxygen atoms in total. The zero-order valence-electron chi connectivity index (χ0n) is 11.6. The molecule has 5 heteroatoms. The minimum absolute atomic E-state index is 0. The largest absolute Gasteiger partial charge is 1.00 e. The van der Waals surface area contributed by atoms with E-state index in [2.05, 4.69) is 0 Å². The topological polar surface area (TPSA) is 57.2 Å². The van der Waals surface area contributed by atoms with Gasteiger partial charge in [-0.05, 0) is 21.8 Å². The first-order valence-electron chi connectivity index (χ1n) is 5.69. The normalized spacial score (nSPS) is 12.2. The first-order valence-corrected chi connectivity index (χ1v) is 7.10. The Morgan fingerprint density at radius 1 is 1.00 bits per heavy atom. The second-order valence-electron chi connectivity index (χ2n) is 5.37. The molecule has 0 heterocycles. The van der Waals surface area contributed by atoms with Gasteiger partial charge in [0.1, 0.15) is 10.1 Å². The van der Waals surface area contributed by atoms with Gasteiger partial charge in [-0.1, -0.05) is 57.2 Å². The number of fused-ring (bicyclic) bond motifs is 1. The molecule has 0 aliphatic carbocycles. The van der Waals surface area contributed by atoms with Gasteiger partial charge in [0.25, 0.3) is 0 Å². The standard InChI is InChI=1S/C14H16O3S.Na/c1-14(2,3)12-9-8-10-6-4-5-7-11(10)13(12)18(15,16)17;/h4-9H,1-3H3,(H,15,16,17);/q;+1/p-1. The van der Waals surface area contributed by atoms with E-state index >= 15 is 0 Å². The second kappa shape index (κ2) is 5.54. The molecule has 0 aliphatic heterocycles. The van der Waals surface area contributed by atoms with Crippen molar-refractivity contribution >= 4 is 20.9 Å². The summed E-state index contributed by atoms with van der Waals surface area (Å²) in [5.74, 6) is 0. The molecule has 0 N–H and O–H groups in total. The molecule has 0 bridgehead atoms. The van der Waals surface area contributed by atoms with Crippen molar-refractivity contribution < 1.29 is 42.5 Å². The Morgan fingerprint density at radius 2 is 1.58 bits per heavy atom. The SMILES string of the molecule is CC(C)(C)c1ccc2ccccc2c1S(=O)(=O)[O-].[Na+]. The molecule has 0 aliphatic rings. The van der Waals surface area contributed by atoms with Crippen LogP contribution in [0.25, 0.3) is 10.8 Å². The Hall–Kier alpha value is -0.390. The number of benzene rings is 2. The van der Waals surface area contributed by atoms with Gasteiger partial charge in [-0.25, -0.2) is 8.42 Å². The maximum Gasteiger partial charge on any atom is 1.00 e. The van der Waals surface area contributed by atoms with E-state index in [-0.39, 0.29) is 34.5 Å². The van der Waals surface area contributed by atoms with Gasteiger partial charge < -0.3 is 4.55 Å². The van der Waals surface area contributed by atoms with E-state index in [9.17, 15) is 13.0 Å². The van der Waals surface area contributed by atoms with E-state index in [0.717, 1.165) is 5.39 Å². The summed E-state index contributed by atoms with van der Waals surface area (Å²) in [6.07, 6.45) is 0. The van der Waals surface area contributed by atoms with Crippen LogP contribution in [0.2, 0.25) is 0 Å². The summed E-state index contributed by atoms with van der Waals surface area (Å²) in [4.78, 5) is -0.0897. The first kappa shape index (κ1) is 16.7. The third-order valence-electron chi connectivity index (χ3n) is 2.94. The Balaban J connectivity index is 0.00000180. The van der Waals surface area contributed by atoms with E-state index < -0.39 is 15.5 Å². The van der Waals surface area contributed by atoms with Crippen LogP contribution in [0, 0.1) is 0 Å². The van der Waals surface area contributed by atoms with Crippen LogP contribution >= 0.6 is 0 Å². The number of hydrogen-bond acceptors (Lipinski definition) is 3. The van der Waals surface area contributed by atoms with Crippen LogP contribution in [0.1, 0.15) is 26.3 Å². The van der Waals surface area contributed by atoms with Crippen molar-refractivity contribution in [3.8, 4) is 0 Å². The van der Waals surface area contributed by atoms with Crippen molar-refractivity contribution in [2.45, 2.75) is 31.1 Å². The molecule has 0 fully saturated rings. The zero-order chi connectivity index (χ0) is 13.6. The Kier molecular flexibility index (Phi) is 4.86. The minimum atomic E-state index is -4.49. The fraction of sp³-hybridized carbons (Fsp3) is 0.286. The minimum Gasteiger partial charge on any atom is -0.744 e. The predicted octanol–water partition coefficient (Wildman–Crippen LogP) is 0.0454. The molecule has 0 radical (unpaired) electrons. The van der Waals surface area contributed by atoms with Gasteiger partial charge in [-0.2, -0.15) is 0 Å². The Bertz CT molecular complexity index is 700. The summed E-state index contributed by atoms with van der Waals surface area (Å²) >= 11 is 0. The molecular formula is C14H15NaO3S. The van der Waals surface area contributed by atoms with E-state index in [1.807, 2.05) is 32.9 Å². The van der Waals surface area contributed by atoms with Crippen molar-refractivity contribution in [3.63, 3.8) is 0 Å². The zero-order valence-corrected chi connectivity index (χ0v) is 14.4. The van der Waals surface area contributed by atoms with E-state index in [1.54, 1.807) is 24.3 Å². The molecule has 0 unspecified atom stereocenters. The van der Waals surface area contributed by atoms with Crippen LogP contribution in [-0.4, -0.2) is 13.0 Å².